The van der Waals surface area contributed by atoms with Crippen molar-refractivity contribution in [1.82, 2.24) is 0 Å². The van der Waals surface area contributed by atoms with Crippen LogP contribution in [0.3, 0.4) is 0 Å². The number of carbonyl (C=O) groups is 2. The second kappa shape index (κ2) is 5.11. The number of alkyl halides is 1. The number of hydrogen-bond acceptors (Lipinski definition) is 3. The highest BCUT2D eigenvalue weighted by molar-refractivity contribution is 6.50. The number of para-hydroxylation sites is 1. The molecule has 0 amide bonds. The average molecular weight is 267 g/mol. The van der Waals surface area contributed by atoms with Crippen LogP contribution in [0.25, 0.3) is 0 Å². The molecule has 2 rings (SSSR count). The molecule has 1 aromatic carbocycles. The van der Waals surface area contributed by atoms with Crippen molar-refractivity contribution < 1.29 is 14.3 Å². The Kier molecular flexibility index (Phi) is 3.71. The van der Waals surface area contributed by atoms with Crippen LogP contribution in [0.4, 0.5) is 0 Å². The second-order valence-corrected chi connectivity index (χ2v) is 5.09. The van der Waals surface area contributed by atoms with Gasteiger partial charge in [0.25, 0.3) is 0 Å². The Labute approximate surface area is 111 Å². The molecule has 0 N–H and O–H groups in total. The Morgan fingerprint density at radius 3 is 2.56 bits per heavy atom. The normalized spacial score (nSPS) is 23.3. The van der Waals surface area contributed by atoms with Gasteiger partial charge < -0.3 is 4.74 Å². The summed E-state index contributed by atoms with van der Waals surface area (Å²) in [6, 6.07) is 6.99. The summed E-state index contributed by atoms with van der Waals surface area (Å²) < 4.78 is 5.15. The second-order valence-electron chi connectivity index (χ2n) is 4.65. The van der Waals surface area contributed by atoms with Gasteiger partial charge in [-0.3, -0.25) is 9.59 Å². The number of Topliss-reactive ketones (excluding diaryl/α,β-unsaturated/α-hetero) is 2. The highest BCUT2D eigenvalue weighted by Gasteiger charge is 2.44. The number of halogens is 1. The van der Waals surface area contributed by atoms with Crippen molar-refractivity contribution >= 4 is 23.2 Å². The first-order chi connectivity index (χ1) is 8.56. The highest BCUT2D eigenvalue weighted by Crippen LogP contribution is 2.40. The Bertz CT molecular complexity index is 484. The molecule has 1 fully saturated rings. The molecule has 0 aliphatic heterocycles. The summed E-state index contributed by atoms with van der Waals surface area (Å²) in [6.45, 7) is 1.96. The van der Waals surface area contributed by atoms with Crippen molar-refractivity contribution in [3.63, 3.8) is 0 Å². The third-order valence-corrected chi connectivity index (χ3v) is 3.76. The van der Waals surface area contributed by atoms with E-state index in [-0.39, 0.29) is 11.7 Å². The molecule has 0 heterocycles. The van der Waals surface area contributed by atoms with Gasteiger partial charge in [0.2, 0.25) is 11.6 Å². The van der Waals surface area contributed by atoms with Crippen LogP contribution in [-0.4, -0.2) is 18.7 Å². The lowest BCUT2D eigenvalue weighted by molar-refractivity contribution is -0.137. The average Bonchev–Trinajstić information content (AvgIpc) is 3.13. The molecule has 0 saturated heterocycles. The molecule has 96 valence electrons. The number of ketones is 2. The predicted octanol–water partition coefficient (Wildman–Crippen LogP) is 2.77. The van der Waals surface area contributed by atoms with Crippen LogP contribution in [0.15, 0.2) is 24.3 Å². The molecule has 1 aliphatic rings. The van der Waals surface area contributed by atoms with E-state index in [1.54, 1.807) is 24.3 Å². The summed E-state index contributed by atoms with van der Waals surface area (Å²) >= 11 is 6.10. The van der Waals surface area contributed by atoms with E-state index in [0.29, 0.717) is 17.2 Å². The van der Waals surface area contributed by atoms with Gasteiger partial charge in [-0.15, -0.1) is 11.6 Å². The lowest BCUT2D eigenvalue weighted by Crippen LogP contribution is -2.21. The number of hydrogen-bond donors (Lipinski definition) is 0. The first-order valence-corrected chi connectivity index (χ1v) is 6.35. The monoisotopic (exact) mass is 266 g/mol. The van der Waals surface area contributed by atoms with Crippen LogP contribution in [0.2, 0.25) is 0 Å². The minimum Gasteiger partial charge on any atom is -0.496 e. The van der Waals surface area contributed by atoms with Crippen molar-refractivity contribution in [1.29, 1.82) is 0 Å². The van der Waals surface area contributed by atoms with Gasteiger partial charge in [-0.1, -0.05) is 25.1 Å². The Hall–Kier alpha value is -1.35. The first-order valence-electron chi connectivity index (χ1n) is 5.91. The topological polar surface area (TPSA) is 43.4 Å². The standard InChI is InChI=1S/C14H15ClO3/c1-8-7-10(8)13(16)14(17)12(15)9-5-3-4-6-11(9)18-2/h3-6,8,10,12H,7H2,1-2H3. The Morgan fingerprint density at radius 2 is 2.00 bits per heavy atom. The summed E-state index contributed by atoms with van der Waals surface area (Å²) in [7, 11) is 1.51. The van der Waals surface area contributed by atoms with Crippen LogP contribution < -0.4 is 4.74 Å². The minimum atomic E-state index is -0.957. The molecule has 3 unspecified atom stereocenters. The van der Waals surface area contributed by atoms with Crippen LogP contribution in [-0.2, 0) is 9.59 Å². The fraction of sp³-hybridized carbons (Fsp3) is 0.429. The van der Waals surface area contributed by atoms with Gasteiger partial charge in [0.05, 0.1) is 7.11 Å². The smallest absolute Gasteiger partial charge is 0.221 e. The van der Waals surface area contributed by atoms with Gasteiger partial charge in [-0.05, 0) is 18.4 Å². The summed E-state index contributed by atoms with van der Waals surface area (Å²) in [5, 5.41) is -0.957. The summed E-state index contributed by atoms with van der Waals surface area (Å²) in [5.41, 5.74) is 0.549. The van der Waals surface area contributed by atoms with Gasteiger partial charge in [0, 0.05) is 11.5 Å². The molecule has 0 bridgehead atoms. The predicted molar refractivity (Wildman–Crippen MR) is 68.9 cm³/mol. The van der Waals surface area contributed by atoms with Crippen molar-refractivity contribution in [2.45, 2.75) is 18.7 Å². The van der Waals surface area contributed by atoms with E-state index in [2.05, 4.69) is 0 Å². The van der Waals surface area contributed by atoms with Gasteiger partial charge >= 0.3 is 0 Å². The molecule has 4 heteroatoms. The molecule has 3 atom stereocenters. The number of rotatable bonds is 5. The molecule has 0 aromatic heterocycles. The van der Waals surface area contributed by atoms with E-state index in [0.717, 1.165) is 6.42 Å². The fourth-order valence-electron chi connectivity index (χ4n) is 2.01. The van der Waals surface area contributed by atoms with E-state index in [4.69, 9.17) is 16.3 Å². The molecule has 1 aromatic rings. The van der Waals surface area contributed by atoms with Gasteiger partial charge in [0.15, 0.2) is 0 Å². The van der Waals surface area contributed by atoms with Crippen LogP contribution in [0.1, 0.15) is 24.3 Å². The van der Waals surface area contributed by atoms with Gasteiger partial charge in [-0.2, -0.15) is 0 Å². The van der Waals surface area contributed by atoms with E-state index in [9.17, 15) is 9.59 Å². The first kappa shape index (κ1) is 13.1. The van der Waals surface area contributed by atoms with E-state index in [1.165, 1.54) is 7.11 Å². The van der Waals surface area contributed by atoms with Crippen molar-refractivity contribution in [3.05, 3.63) is 29.8 Å². The third-order valence-electron chi connectivity index (χ3n) is 3.33. The number of benzene rings is 1. The number of ether oxygens (including phenoxy) is 1. The minimum absolute atomic E-state index is 0.131. The Morgan fingerprint density at radius 1 is 1.39 bits per heavy atom. The molecule has 0 radical (unpaired) electrons. The third kappa shape index (κ3) is 2.41. The number of carbonyl (C=O) groups excluding carboxylic acids is 2. The highest BCUT2D eigenvalue weighted by atomic mass is 35.5. The van der Waals surface area contributed by atoms with E-state index in [1.807, 2.05) is 6.92 Å². The maximum absolute atomic E-state index is 12.0. The van der Waals surface area contributed by atoms with Crippen molar-refractivity contribution in [2.24, 2.45) is 11.8 Å². The largest absolute Gasteiger partial charge is 0.496 e. The van der Waals surface area contributed by atoms with Crippen LogP contribution >= 0.6 is 11.6 Å². The van der Waals surface area contributed by atoms with Crippen molar-refractivity contribution in [2.75, 3.05) is 7.11 Å². The molecule has 18 heavy (non-hydrogen) atoms. The zero-order valence-electron chi connectivity index (χ0n) is 10.4. The summed E-state index contributed by atoms with van der Waals surface area (Å²) in [4.78, 5) is 23.9. The summed E-state index contributed by atoms with van der Waals surface area (Å²) in [6.07, 6.45) is 0.792. The van der Waals surface area contributed by atoms with Crippen LogP contribution in [0.5, 0.6) is 5.75 Å². The molecule has 0 spiro atoms. The molecule has 1 saturated carbocycles. The lowest BCUT2D eigenvalue weighted by Gasteiger charge is -2.12. The maximum Gasteiger partial charge on any atom is 0.221 e. The fourth-order valence-corrected chi connectivity index (χ4v) is 2.30. The van der Waals surface area contributed by atoms with E-state index >= 15 is 0 Å². The molecule has 3 nitrogen and oxygen atoms in total. The summed E-state index contributed by atoms with van der Waals surface area (Å²) in [5.74, 6) is -0.178. The number of methoxy groups -OCH3 is 1. The quantitative estimate of drug-likeness (QED) is 0.608. The van der Waals surface area contributed by atoms with Crippen molar-refractivity contribution in [3.8, 4) is 5.75 Å². The van der Waals surface area contributed by atoms with Gasteiger partial charge in [-0.25, -0.2) is 0 Å². The SMILES string of the molecule is COc1ccccc1C(Cl)C(=O)C(=O)C1CC1C. The Balaban J connectivity index is 2.17. The lowest BCUT2D eigenvalue weighted by atomic mass is 10.0. The van der Waals surface area contributed by atoms with Gasteiger partial charge in [0.1, 0.15) is 11.1 Å². The molecular weight excluding hydrogens is 252 g/mol. The van der Waals surface area contributed by atoms with Crippen LogP contribution in [0, 0.1) is 11.8 Å². The molecular formula is C14H15ClO3. The maximum atomic E-state index is 12.0. The zero-order chi connectivity index (χ0) is 13.3. The van der Waals surface area contributed by atoms with E-state index < -0.39 is 11.2 Å². The molecule has 1 aliphatic carbocycles. The zero-order valence-corrected chi connectivity index (χ0v) is 11.1.